The molecule has 0 N–H and O–H groups in total. The predicted molar refractivity (Wildman–Crippen MR) is 162 cm³/mol. The van der Waals surface area contributed by atoms with Crippen molar-refractivity contribution < 1.29 is 28.7 Å². The standard InChI is InChI=1S/C35H32N2O6/c1-20-8-17-27-28(18-20)34(40)37(33(27)39)24-13-9-22(10-14-24)31-19-29(26-6-4-5-7-30(26)36-31)35(41)43-21(2)32(38)23-11-15-25(42-3)16-12-23/h4-7,9-16,19-21,27-28H,8,17-18H2,1-3H3/t20-,21+,27-,28+/m1/s1. The van der Waals surface area contributed by atoms with E-state index in [1.807, 2.05) is 12.1 Å². The van der Waals surface area contributed by atoms with Gasteiger partial charge in [-0.2, -0.15) is 0 Å². The lowest BCUT2D eigenvalue weighted by Gasteiger charge is -2.25. The van der Waals surface area contributed by atoms with E-state index in [2.05, 4.69) is 6.92 Å². The Kier molecular flexibility index (Phi) is 7.52. The number of amides is 2. The maximum absolute atomic E-state index is 13.4. The van der Waals surface area contributed by atoms with Gasteiger partial charge in [-0.1, -0.05) is 37.3 Å². The number of benzene rings is 3. The number of fused-ring (bicyclic) bond motifs is 2. The molecule has 8 nitrogen and oxygen atoms in total. The summed E-state index contributed by atoms with van der Waals surface area (Å²) < 4.78 is 10.8. The van der Waals surface area contributed by atoms with Crippen LogP contribution < -0.4 is 9.64 Å². The summed E-state index contributed by atoms with van der Waals surface area (Å²) in [6.45, 7) is 3.68. The molecule has 1 saturated carbocycles. The Balaban J connectivity index is 1.26. The topological polar surface area (TPSA) is 103 Å². The molecule has 2 heterocycles. The number of Topliss-reactive ketones (excluding diaryl/α,β-unsaturated/α-hetero) is 1. The highest BCUT2D eigenvalue weighted by molar-refractivity contribution is 6.22. The van der Waals surface area contributed by atoms with E-state index in [4.69, 9.17) is 14.5 Å². The lowest BCUT2D eigenvalue weighted by Crippen LogP contribution is -2.30. The van der Waals surface area contributed by atoms with Gasteiger partial charge in [0.15, 0.2) is 6.10 Å². The summed E-state index contributed by atoms with van der Waals surface area (Å²) in [7, 11) is 1.55. The Hall–Kier alpha value is -4.85. The number of imide groups is 1. The molecule has 0 radical (unpaired) electrons. The minimum absolute atomic E-state index is 0.123. The second-order valence-corrected chi connectivity index (χ2v) is 11.4. The molecule has 1 aliphatic heterocycles. The van der Waals surface area contributed by atoms with Crippen molar-refractivity contribution in [1.29, 1.82) is 0 Å². The van der Waals surface area contributed by atoms with Gasteiger partial charge in [-0.3, -0.25) is 19.3 Å². The number of carbonyl (C=O) groups is 4. The molecule has 1 aromatic heterocycles. The Morgan fingerprint density at radius 1 is 0.907 bits per heavy atom. The molecule has 8 heteroatoms. The number of aromatic nitrogens is 1. The average Bonchev–Trinajstić information content (AvgIpc) is 3.28. The normalized spacial score (nSPS) is 20.5. The number of ketones is 1. The van der Waals surface area contributed by atoms with Gasteiger partial charge in [-0.15, -0.1) is 0 Å². The summed E-state index contributed by atoms with van der Waals surface area (Å²) in [6.07, 6.45) is 1.43. The molecule has 6 rings (SSSR count). The highest BCUT2D eigenvalue weighted by atomic mass is 16.5. The van der Waals surface area contributed by atoms with Gasteiger partial charge in [0.2, 0.25) is 17.6 Å². The molecule has 1 saturated heterocycles. The zero-order chi connectivity index (χ0) is 30.2. The zero-order valence-electron chi connectivity index (χ0n) is 24.3. The number of rotatable bonds is 7. The Morgan fingerprint density at radius 2 is 1.60 bits per heavy atom. The number of ether oxygens (including phenoxy) is 2. The molecule has 0 spiro atoms. The van der Waals surface area contributed by atoms with Gasteiger partial charge >= 0.3 is 5.97 Å². The first-order valence-electron chi connectivity index (χ1n) is 14.5. The third-order valence-corrected chi connectivity index (χ3v) is 8.57. The lowest BCUT2D eigenvalue weighted by atomic mass is 9.76. The van der Waals surface area contributed by atoms with Gasteiger partial charge in [0, 0.05) is 16.5 Å². The Bertz CT molecular complexity index is 1730. The molecule has 0 unspecified atom stereocenters. The number of methoxy groups -OCH3 is 1. The van der Waals surface area contributed by atoms with Crippen LogP contribution in [0.3, 0.4) is 0 Å². The van der Waals surface area contributed by atoms with Crippen LogP contribution in [0.5, 0.6) is 5.75 Å². The molecule has 2 aliphatic rings. The fraction of sp³-hybridized carbons (Fsp3) is 0.286. The number of esters is 1. The summed E-state index contributed by atoms with van der Waals surface area (Å²) in [6, 6.07) is 22.6. The SMILES string of the molecule is COc1ccc(C(=O)[C@H](C)OC(=O)c2cc(-c3ccc(N4C(=O)[C@H]5C[C@H](C)CC[C@H]5C4=O)cc3)nc3ccccc23)cc1. The van der Waals surface area contributed by atoms with E-state index >= 15 is 0 Å². The predicted octanol–water partition coefficient (Wildman–Crippen LogP) is 6.26. The molecule has 3 aromatic carbocycles. The van der Waals surface area contributed by atoms with Gasteiger partial charge in [0.25, 0.3) is 0 Å². The molecular weight excluding hydrogens is 544 g/mol. The minimum Gasteiger partial charge on any atom is -0.497 e. The van der Waals surface area contributed by atoms with E-state index in [9.17, 15) is 19.2 Å². The summed E-state index contributed by atoms with van der Waals surface area (Å²) in [5.74, 6) is -0.645. The third-order valence-electron chi connectivity index (χ3n) is 8.57. The van der Waals surface area contributed by atoms with E-state index in [1.165, 1.54) is 4.90 Å². The van der Waals surface area contributed by atoms with E-state index < -0.39 is 12.1 Å². The largest absolute Gasteiger partial charge is 0.497 e. The van der Waals surface area contributed by atoms with Gasteiger partial charge in [-0.05, 0) is 80.6 Å². The summed E-state index contributed by atoms with van der Waals surface area (Å²) in [4.78, 5) is 58.8. The number of hydrogen-bond acceptors (Lipinski definition) is 7. The molecule has 2 fully saturated rings. The van der Waals surface area contributed by atoms with Crippen molar-refractivity contribution in [2.45, 2.75) is 39.2 Å². The number of carbonyl (C=O) groups excluding carboxylic acids is 4. The van der Waals surface area contributed by atoms with Crippen LogP contribution in [0.2, 0.25) is 0 Å². The van der Waals surface area contributed by atoms with Crippen LogP contribution in [0.4, 0.5) is 5.69 Å². The van der Waals surface area contributed by atoms with Crippen LogP contribution in [0, 0.1) is 17.8 Å². The van der Waals surface area contributed by atoms with Crippen molar-refractivity contribution in [3.05, 3.63) is 90.0 Å². The minimum atomic E-state index is -1.02. The number of anilines is 1. The second-order valence-electron chi connectivity index (χ2n) is 11.4. The smallest absolute Gasteiger partial charge is 0.339 e. The van der Waals surface area contributed by atoms with Crippen molar-refractivity contribution in [3.8, 4) is 17.0 Å². The van der Waals surface area contributed by atoms with E-state index in [1.54, 1.807) is 80.8 Å². The molecule has 218 valence electrons. The average molecular weight is 577 g/mol. The number of hydrogen-bond donors (Lipinski definition) is 0. The zero-order valence-corrected chi connectivity index (χ0v) is 24.3. The van der Waals surface area contributed by atoms with E-state index in [0.717, 1.165) is 19.3 Å². The molecule has 2 amide bonds. The van der Waals surface area contributed by atoms with Crippen LogP contribution in [-0.4, -0.2) is 41.8 Å². The van der Waals surface area contributed by atoms with Crippen LogP contribution in [0.1, 0.15) is 53.8 Å². The maximum Gasteiger partial charge on any atom is 0.339 e. The fourth-order valence-electron chi connectivity index (χ4n) is 6.19. The van der Waals surface area contributed by atoms with Crippen LogP contribution in [-0.2, 0) is 14.3 Å². The van der Waals surface area contributed by atoms with Gasteiger partial charge in [0.1, 0.15) is 5.75 Å². The first kappa shape index (κ1) is 28.3. The van der Waals surface area contributed by atoms with Crippen molar-refractivity contribution in [1.82, 2.24) is 4.98 Å². The molecule has 4 aromatic rings. The van der Waals surface area contributed by atoms with E-state index in [-0.39, 0.29) is 35.0 Å². The third kappa shape index (κ3) is 5.29. The Labute approximate surface area is 249 Å². The molecule has 0 bridgehead atoms. The molecule has 43 heavy (non-hydrogen) atoms. The van der Waals surface area contributed by atoms with Gasteiger partial charge in [-0.25, -0.2) is 9.78 Å². The molecule has 4 atom stereocenters. The number of pyridine rings is 1. The Morgan fingerprint density at radius 3 is 2.33 bits per heavy atom. The highest BCUT2D eigenvalue weighted by Crippen LogP contribution is 2.42. The first-order valence-corrected chi connectivity index (χ1v) is 14.5. The van der Waals surface area contributed by atoms with Gasteiger partial charge < -0.3 is 9.47 Å². The quantitative estimate of drug-likeness (QED) is 0.145. The monoisotopic (exact) mass is 576 g/mol. The number of nitrogens with zero attached hydrogens (tertiary/aromatic N) is 2. The van der Waals surface area contributed by atoms with Crippen LogP contribution in [0.25, 0.3) is 22.2 Å². The highest BCUT2D eigenvalue weighted by Gasteiger charge is 2.49. The fourth-order valence-corrected chi connectivity index (χ4v) is 6.19. The molecule has 1 aliphatic carbocycles. The van der Waals surface area contributed by atoms with Crippen LogP contribution in [0.15, 0.2) is 78.9 Å². The maximum atomic E-state index is 13.4. The summed E-state index contributed by atoms with van der Waals surface area (Å²) in [5.41, 5.74) is 3.04. The lowest BCUT2D eigenvalue weighted by molar-refractivity contribution is -0.122. The van der Waals surface area contributed by atoms with E-state index in [0.29, 0.717) is 45.1 Å². The van der Waals surface area contributed by atoms with Gasteiger partial charge in [0.05, 0.1) is 41.4 Å². The van der Waals surface area contributed by atoms with Crippen molar-refractivity contribution in [2.75, 3.05) is 12.0 Å². The summed E-state index contributed by atoms with van der Waals surface area (Å²) in [5, 5.41) is 0.599. The summed E-state index contributed by atoms with van der Waals surface area (Å²) >= 11 is 0. The molecular formula is C35H32N2O6. The first-order chi connectivity index (χ1) is 20.7. The number of para-hydroxylation sites is 1. The van der Waals surface area contributed by atoms with Crippen LogP contribution >= 0.6 is 0 Å². The second kappa shape index (κ2) is 11.4. The van der Waals surface area contributed by atoms with Crippen molar-refractivity contribution >= 4 is 40.2 Å². The van der Waals surface area contributed by atoms with Crippen molar-refractivity contribution in [2.24, 2.45) is 17.8 Å². The van der Waals surface area contributed by atoms with Crippen molar-refractivity contribution in [3.63, 3.8) is 0 Å².